The average Bonchev–Trinajstić information content (AvgIpc) is 2.46. The lowest BCUT2D eigenvalue weighted by Crippen LogP contribution is -2.37. The molecule has 20 heavy (non-hydrogen) atoms. The van der Waals surface area contributed by atoms with Gasteiger partial charge in [0.25, 0.3) is 0 Å². The van der Waals surface area contributed by atoms with Crippen LogP contribution in [0.3, 0.4) is 0 Å². The first-order valence-electron chi connectivity index (χ1n) is 6.56. The summed E-state index contributed by atoms with van der Waals surface area (Å²) in [4.78, 5) is 27.1. The van der Waals surface area contributed by atoms with Gasteiger partial charge in [0.05, 0.1) is 11.4 Å². The molecular formula is C14H20N4O2. The van der Waals surface area contributed by atoms with Crippen LogP contribution in [-0.4, -0.2) is 23.3 Å². The summed E-state index contributed by atoms with van der Waals surface area (Å²) in [6, 6.07) is 3.47. The van der Waals surface area contributed by atoms with Crippen molar-refractivity contribution in [2.45, 2.75) is 26.2 Å². The van der Waals surface area contributed by atoms with Crippen LogP contribution in [0.15, 0.2) is 31.0 Å². The van der Waals surface area contributed by atoms with Crippen LogP contribution < -0.4 is 16.2 Å². The van der Waals surface area contributed by atoms with Crippen LogP contribution in [0.5, 0.6) is 0 Å². The number of carbonyl (C=O) groups excluding carboxylic acids is 2. The number of pyridine rings is 1. The summed E-state index contributed by atoms with van der Waals surface area (Å²) in [6.07, 6.45) is 4.51. The largest absolute Gasteiger partial charge is 0.321 e. The number of aromatic nitrogens is 1. The molecule has 1 aromatic rings. The maximum atomic E-state index is 11.6. The first-order valence-corrected chi connectivity index (χ1v) is 6.56. The fourth-order valence-corrected chi connectivity index (χ4v) is 1.52. The number of hydrogen-bond acceptors (Lipinski definition) is 4. The quantitative estimate of drug-likeness (QED) is 0.378. The van der Waals surface area contributed by atoms with Crippen LogP contribution in [0.25, 0.3) is 0 Å². The number of nitrogens with zero attached hydrogens (tertiary/aromatic N) is 1. The average molecular weight is 276 g/mol. The van der Waals surface area contributed by atoms with Crippen LogP contribution in [0.2, 0.25) is 0 Å². The Hall–Kier alpha value is -2.21. The minimum atomic E-state index is -0.298. The van der Waals surface area contributed by atoms with Crippen molar-refractivity contribution >= 4 is 17.5 Å². The molecule has 0 fully saturated rings. The van der Waals surface area contributed by atoms with Gasteiger partial charge >= 0.3 is 0 Å². The Morgan fingerprint density at radius 2 is 2.25 bits per heavy atom. The standard InChI is InChI=1S/C14H20N4O2/c1-3-9-16-18-14(20)8-7-11-12(6-5-10-15-11)17-13(19)4-2/h4-6,10,16H,2-3,7-9H2,1H3,(H,17,19)(H,18,20). The molecule has 1 aromatic heterocycles. The van der Waals surface area contributed by atoms with Crippen molar-refractivity contribution in [3.05, 3.63) is 36.7 Å². The first kappa shape index (κ1) is 15.8. The van der Waals surface area contributed by atoms with Gasteiger partial charge in [-0.15, -0.1) is 0 Å². The highest BCUT2D eigenvalue weighted by Crippen LogP contribution is 2.13. The molecule has 0 aliphatic carbocycles. The molecule has 1 heterocycles. The first-order chi connectivity index (χ1) is 9.67. The van der Waals surface area contributed by atoms with Crippen molar-refractivity contribution in [3.8, 4) is 0 Å². The van der Waals surface area contributed by atoms with Gasteiger partial charge in [0, 0.05) is 25.6 Å². The lowest BCUT2D eigenvalue weighted by Gasteiger charge is -2.09. The van der Waals surface area contributed by atoms with Gasteiger partial charge in [-0.1, -0.05) is 13.5 Å². The van der Waals surface area contributed by atoms with E-state index in [2.05, 4.69) is 27.7 Å². The molecular weight excluding hydrogens is 256 g/mol. The minimum Gasteiger partial charge on any atom is -0.321 e. The highest BCUT2D eigenvalue weighted by atomic mass is 16.2. The van der Waals surface area contributed by atoms with Gasteiger partial charge in [-0.2, -0.15) is 0 Å². The third-order valence-electron chi connectivity index (χ3n) is 2.53. The van der Waals surface area contributed by atoms with E-state index in [9.17, 15) is 9.59 Å². The molecule has 6 heteroatoms. The maximum absolute atomic E-state index is 11.6. The Morgan fingerprint density at radius 3 is 2.95 bits per heavy atom. The highest BCUT2D eigenvalue weighted by Gasteiger charge is 2.08. The molecule has 0 aliphatic rings. The zero-order chi connectivity index (χ0) is 14.8. The fraction of sp³-hybridized carbons (Fsp3) is 0.357. The summed E-state index contributed by atoms with van der Waals surface area (Å²) in [6.45, 7) is 6.15. The SMILES string of the molecule is C=CC(=O)Nc1cccnc1CCC(=O)NNCCC. The van der Waals surface area contributed by atoms with E-state index in [1.165, 1.54) is 6.08 Å². The monoisotopic (exact) mass is 276 g/mol. The molecule has 3 N–H and O–H groups in total. The van der Waals surface area contributed by atoms with E-state index in [1.54, 1.807) is 18.3 Å². The van der Waals surface area contributed by atoms with Gasteiger partial charge < -0.3 is 5.32 Å². The van der Waals surface area contributed by atoms with Gasteiger partial charge in [0.15, 0.2) is 0 Å². The maximum Gasteiger partial charge on any atom is 0.247 e. The van der Waals surface area contributed by atoms with Gasteiger partial charge in [-0.3, -0.25) is 20.0 Å². The molecule has 0 aromatic carbocycles. The molecule has 0 saturated heterocycles. The molecule has 108 valence electrons. The van der Waals surface area contributed by atoms with Crippen LogP contribution in [0, 0.1) is 0 Å². The second-order valence-electron chi connectivity index (χ2n) is 4.17. The number of rotatable bonds is 8. The molecule has 2 amide bonds. The predicted molar refractivity (Wildman–Crippen MR) is 77.8 cm³/mol. The van der Waals surface area contributed by atoms with E-state index in [0.29, 0.717) is 24.2 Å². The van der Waals surface area contributed by atoms with E-state index >= 15 is 0 Å². The molecule has 6 nitrogen and oxygen atoms in total. The van der Waals surface area contributed by atoms with Crippen molar-refractivity contribution in [2.75, 3.05) is 11.9 Å². The molecule has 0 bridgehead atoms. The van der Waals surface area contributed by atoms with Crippen molar-refractivity contribution in [1.29, 1.82) is 0 Å². The van der Waals surface area contributed by atoms with E-state index in [-0.39, 0.29) is 11.8 Å². The van der Waals surface area contributed by atoms with Crippen LogP contribution >= 0.6 is 0 Å². The molecule has 0 aliphatic heterocycles. The zero-order valence-electron chi connectivity index (χ0n) is 11.6. The second-order valence-corrected chi connectivity index (χ2v) is 4.17. The normalized spacial score (nSPS) is 9.85. The van der Waals surface area contributed by atoms with Gasteiger partial charge in [-0.25, -0.2) is 5.43 Å². The molecule has 0 radical (unpaired) electrons. The highest BCUT2D eigenvalue weighted by molar-refractivity contribution is 5.99. The molecule has 0 spiro atoms. The third kappa shape index (κ3) is 5.62. The zero-order valence-corrected chi connectivity index (χ0v) is 11.6. The summed E-state index contributed by atoms with van der Waals surface area (Å²) in [5, 5.41) is 2.67. The Labute approximate surface area is 118 Å². The molecule has 1 rings (SSSR count). The summed E-state index contributed by atoms with van der Waals surface area (Å²) in [7, 11) is 0. The summed E-state index contributed by atoms with van der Waals surface area (Å²) in [5.74, 6) is -0.404. The van der Waals surface area contributed by atoms with E-state index in [1.807, 2.05) is 6.92 Å². The van der Waals surface area contributed by atoms with E-state index in [4.69, 9.17) is 0 Å². The number of nitrogens with one attached hydrogen (secondary N) is 3. The number of carbonyl (C=O) groups is 2. The number of hydrogen-bond donors (Lipinski definition) is 3. The van der Waals surface area contributed by atoms with E-state index in [0.717, 1.165) is 13.0 Å². The molecule has 0 atom stereocenters. The summed E-state index contributed by atoms with van der Waals surface area (Å²) < 4.78 is 0. The number of hydrazine groups is 1. The number of anilines is 1. The fourth-order valence-electron chi connectivity index (χ4n) is 1.52. The number of amides is 2. The lowest BCUT2D eigenvalue weighted by atomic mass is 10.2. The van der Waals surface area contributed by atoms with Gasteiger partial charge in [0.2, 0.25) is 11.8 Å². The Kier molecular flexibility index (Phi) is 6.99. The van der Waals surface area contributed by atoms with E-state index < -0.39 is 0 Å². The second kappa shape index (κ2) is 8.82. The third-order valence-corrected chi connectivity index (χ3v) is 2.53. The topological polar surface area (TPSA) is 83.1 Å². The van der Waals surface area contributed by atoms with Crippen LogP contribution in [0.4, 0.5) is 5.69 Å². The molecule has 0 unspecified atom stereocenters. The minimum absolute atomic E-state index is 0.106. The molecule has 0 saturated carbocycles. The van der Waals surface area contributed by atoms with Crippen LogP contribution in [0.1, 0.15) is 25.5 Å². The predicted octanol–water partition coefficient (Wildman–Crippen LogP) is 1.17. The Morgan fingerprint density at radius 1 is 1.45 bits per heavy atom. The van der Waals surface area contributed by atoms with Crippen molar-refractivity contribution < 1.29 is 9.59 Å². The van der Waals surface area contributed by atoms with Crippen molar-refractivity contribution in [3.63, 3.8) is 0 Å². The van der Waals surface area contributed by atoms with Crippen molar-refractivity contribution in [1.82, 2.24) is 15.8 Å². The Bertz CT molecular complexity index is 474. The summed E-state index contributed by atoms with van der Waals surface area (Å²) >= 11 is 0. The smallest absolute Gasteiger partial charge is 0.247 e. The van der Waals surface area contributed by atoms with Crippen LogP contribution in [-0.2, 0) is 16.0 Å². The summed E-state index contributed by atoms with van der Waals surface area (Å²) in [5.41, 5.74) is 6.71. The van der Waals surface area contributed by atoms with Gasteiger partial charge in [0.1, 0.15) is 0 Å². The Balaban J connectivity index is 2.52. The number of aryl methyl sites for hydroxylation is 1. The van der Waals surface area contributed by atoms with Crippen molar-refractivity contribution in [2.24, 2.45) is 0 Å². The van der Waals surface area contributed by atoms with Gasteiger partial charge in [-0.05, 0) is 24.6 Å². The lowest BCUT2D eigenvalue weighted by molar-refractivity contribution is -0.122.